The van der Waals surface area contributed by atoms with Gasteiger partial charge in [-0.3, -0.25) is 4.31 Å². The average molecular weight is 370 g/mol. The molecular weight excluding hydrogens is 354 g/mol. The van der Waals surface area contributed by atoms with E-state index in [1.54, 1.807) is 36.5 Å². The van der Waals surface area contributed by atoms with Gasteiger partial charge in [0, 0.05) is 24.3 Å². The quantitative estimate of drug-likeness (QED) is 0.879. The van der Waals surface area contributed by atoms with E-state index in [-0.39, 0.29) is 4.90 Å². The van der Waals surface area contributed by atoms with Crippen LogP contribution in [0.1, 0.15) is 6.92 Å². The summed E-state index contributed by atoms with van der Waals surface area (Å²) in [6, 6.07) is 10.5. The molecule has 0 atom stereocenters. The SMILES string of the molecule is CCNc1ncc(Br)cc1S(=O)(=O)N(C)c1ccccc1. The summed E-state index contributed by atoms with van der Waals surface area (Å²) in [5.74, 6) is 0.350. The van der Waals surface area contributed by atoms with E-state index in [1.165, 1.54) is 11.4 Å². The van der Waals surface area contributed by atoms with Gasteiger partial charge < -0.3 is 5.32 Å². The van der Waals surface area contributed by atoms with Crippen molar-refractivity contribution in [3.63, 3.8) is 0 Å². The molecule has 1 heterocycles. The molecular formula is C14H16BrN3O2S. The number of aromatic nitrogens is 1. The molecule has 0 unspecified atom stereocenters. The highest BCUT2D eigenvalue weighted by Crippen LogP contribution is 2.28. The first kappa shape index (κ1) is 15.8. The lowest BCUT2D eigenvalue weighted by Crippen LogP contribution is -2.27. The molecule has 0 fully saturated rings. The predicted molar refractivity (Wildman–Crippen MR) is 88.1 cm³/mol. The first-order valence-corrected chi connectivity index (χ1v) is 8.63. The van der Waals surface area contributed by atoms with Gasteiger partial charge in [-0.05, 0) is 41.1 Å². The Morgan fingerprint density at radius 1 is 1.29 bits per heavy atom. The summed E-state index contributed by atoms with van der Waals surface area (Å²) < 4.78 is 27.5. The number of hydrogen-bond acceptors (Lipinski definition) is 4. The molecule has 0 aliphatic carbocycles. The predicted octanol–water partition coefficient (Wildman–Crippen LogP) is 3.10. The Balaban J connectivity index is 2.51. The normalized spacial score (nSPS) is 11.2. The third-order valence-electron chi connectivity index (χ3n) is 2.92. The van der Waals surface area contributed by atoms with Crippen LogP contribution in [0.4, 0.5) is 11.5 Å². The van der Waals surface area contributed by atoms with E-state index in [9.17, 15) is 8.42 Å². The maximum atomic E-state index is 12.8. The number of sulfonamides is 1. The number of nitrogens with one attached hydrogen (secondary N) is 1. The van der Waals surface area contributed by atoms with Crippen LogP contribution in [0.5, 0.6) is 0 Å². The number of pyridine rings is 1. The number of para-hydroxylation sites is 1. The molecule has 7 heteroatoms. The highest BCUT2D eigenvalue weighted by molar-refractivity contribution is 9.10. The second-order valence-electron chi connectivity index (χ2n) is 4.34. The number of rotatable bonds is 5. The van der Waals surface area contributed by atoms with E-state index in [0.717, 1.165) is 0 Å². The van der Waals surface area contributed by atoms with Crippen molar-refractivity contribution in [3.05, 3.63) is 47.1 Å². The molecule has 1 aromatic carbocycles. The van der Waals surface area contributed by atoms with Crippen molar-refractivity contribution in [2.75, 3.05) is 23.2 Å². The number of nitrogens with zero attached hydrogens (tertiary/aromatic N) is 2. The maximum Gasteiger partial charge on any atom is 0.267 e. The van der Waals surface area contributed by atoms with E-state index in [1.807, 2.05) is 13.0 Å². The summed E-state index contributed by atoms with van der Waals surface area (Å²) in [5, 5.41) is 2.98. The smallest absolute Gasteiger partial charge is 0.267 e. The van der Waals surface area contributed by atoms with Crippen LogP contribution in [0.3, 0.4) is 0 Å². The third-order valence-corrected chi connectivity index (χ3v) is 5.15. The molecule has 21 heavy (non-hydrogen) atoms. The fourth-order valence-corrected chi connectivity index (χ4v) is 3.66. The Kier molecular flexibility index (Phi) is 4.84. The summed E-state index contributed by atoms with van der Waals surface area (Å²) in [7, 11) is -2.16. The van der Waals surface area contributed by atoms with Crippen LogP contribution in [-0.2, 0) is 10.0 Å². The van der Waals surface area contributed by atoms with Crippen LogP contribution >= 0.6 is 15.9 Å². The largest absolute Gasteiger partial charge is 0.369 e. The summed E-state index contributed by atoms with van der Waals surface area (Å²) >= 11 is 3.27. The van der Waals surface area contributed by atoms with Gasteiger partial charge >= 0.3 is 0 Å². The first-order chi connectivity index (χ1) is 9.96. The monoisotopic (exact) mass is 369 g/mol. The number of benzene rings is 1. The average Bonchev–Trinajstić information content (AvgIpc) is 2.49. The highest BCUT2D eigenvalue weighted by Gasteiger charge is 2.25. The summed E-state index contributed by atoms with van der Waals surface area (Å²) in [4.78, 5) is 4.29. The van der Waals surface area contributed by atoms with E-state index in [2.05, 4.69) is 26.2 Å². The van der Waals surface area contributed by atoms with Gasteiger partial charge in [-0.2, -0.15) is 0 Å². The highest BCUT2D eigenvalue weighted by atomic mass is 79.9. The Bertz CT molecular complexity index is 720. The van der Waals surface area contributed by atoms with E-state index in [4.69, 9.17) is 0 Å². The van der Waals surface area contributed by atoms with Crippen molar-refractivity contribution < 1.29 is 8.42 Å². The van der Waals surface area contributed by atoms with Gasteiger partial charge in [0.05, 0.1) is 5.69 Å². The minimum Gasteiger partial charge on any atom is -0.369 e. The van der Waals surface area contributed by atoms with Crippen molar-refractivity contribution in [1.29, 1.82) is 0 Å². The minimum atomic E-state index is -3.69. The summed E-state index contributed by atoms with van der Waals surface area (Å²) in [6.45, 7) is 2.48. The minimum absolute atomic E-state index is 0.144. The lowest BCUT2D eigenvalue weighted by atomic mass is 10.3. The fourth-order valence-electron chi connectivity index (χ4n) is 1.84. The van der Waals surface area contributed by atoms with Crippen LogP contribution in [-0.4, -0.2) is 27.0 Å². The van der Waals surface area contributed by atoms with Gasteiger partial charge in [-0.1, -0.05) is 18.2 Å². The van der Waals surface area contributed by atoms with Gasteiger partial charge in [0.2, 0.25) is 0 Å². The zero-order chi connectivity index (χ0) is 15.5. The number of halogens is 1. The lowest BCUT2D eigenvalue weighted by Gasteiger charge is -2.21. The Morgan fingerprint density at radius 2 is 1.95 bits per heavy atom. The summed E-state index contributed by atoms with van der Waals surface area (Å²) in [5.41, 5.74) is 0.597. The number of anilines is 2. The van der Waals surface area contributed by atoms with Gasteiger partial charge in [-0.15, -0.1) is 0 Å². The molecule has 1 N–H and O–H groups in total. The molecule has 0 spiro atoms. The van der Waals surface area contributed by atoms with Crippen molar-refractivity contribution >= 4 is 37.5 Å². The molecule has 0 saturated carbocycles. The molecule has 0 radical (unpaired) electrons. The Morgan fingerprint density at radius 3 is 2.57 bits per heavy atom. The standard InChI is InChI=1S/C14H16BrN3O2S/c1-3-16-14-13(9-11(15)10-17-14)21(19,20)18(2)12-7-5-4-6-8-12/h4-10H,3H2,1-2H3,(H,16,17). The molecule has 0 amide bonds. The van der Waals surface area contributed by atoms with E-state index < -0.39 is 10.0 Å². The molecule has 0 aliphatic rings. The fraction of sp³-hybridized carbons (Fsp3) is 0.214. The first-order valence-electron chi connectivity index (χ1n) is 6.40. The maximum absolute atomic E-state index is 12.8. The van der Waals surface area contributed by atoms with Gasteiger partial charge in [-0.25, -0.2) is 13.4 Å². The molecule has 1 aromatic heterocycles. The van der Waals surface area contributed by atoms with Crippen LogP contribution in [0.15, 0.2) is 52.0 Å². The molecule has 2 rings (SSSR count). The molecule has 0 saturated heterocycles. The second kappa shape index (κ2) is 6.44. The summed E-state index contributed by atoms with van der Waals surface area (Å²) in [6.07, 6.45) is 1.57. The topological polar surface area (TPSA) is 62.3 Å². The van der Waals surface area contributed by atoms with Crippen molar-refractivity contribution in [2.45, 2.75) is 11.8 Å². The second-order valence-corrected chi connectivity index (χ2v) is 7.19. The Labute approximate surface area is 133 Å². The molecule has 112 valence electrons. The Hall–Kier alpha value is -1.60. The van der Waals surface area contributed by atoms with E-state index in [0.29, 0.717) is 22.5 Å². The van der Waals surface area contributed by atoms with Crippen LogP contribution < -0.4 is 9.62 Å². The molecule has 0 aliphatic heterocycles. The molecule has 2 aromatic rings. The van der Waals surface area contributed by atoms with Gasteiger partial charge in [0.1, 0.15) is 10.7 Å². The van der Waals surface area contributed by atoms with Crippen LogP contribution in [0.2, 0.25) is 0 Å². The molecule has 0 bridgehead atoms. The third kappa shape index (κ3) is 3.36. The zero-order valence-electron chi connectivity index (χ0n) is 11.7. The van der Waals surface area contributed by atoms with Gasteiger partial charge in [0.25, 0.3) is 10.0 Å². The number of hydrogen-bond donors (Lipinski definition) is 1. The molecule has 5 nitrogen and oxygen atoms in total. The van der Waals surface area contributed by atoms with Crippen molar-refractivity contribution in [2.24, 2.45) is 0 Å². The van der Waals surface area contributed by atoms with Crippen molar-refractivity contribution in [1.82, 2.24) is 4.98 Å². The van der Waals surface area contributed by atoms with E-state index >= 15 is 0 Å². The lowest BCUT2D eigenvalue weighted by molar-refractivity contribution is 0.594. The van der Waals surface area contributed by atoms with Crippen LogP contribution in [0.25, 0.3) is 0 Å². The van der Waals surface area contributed by atoms with Crippen molar-refractivity contribution in [3.8, 4) is 0 Å². The van der Waals surface area contributed by atoms with Crippen LogP contribution in [0, 0.1) is 0 Å². The zero-order valence-corrected chi connectivity index (χ0v) is 14.1. The van der Waals surface area contributed by atoms with Gasteiger partial charge in [0.15, 0.2) is 0 Å².